The normalized spacial score (nSPS) is 11.1. The molecule has 12 heteroatoms. The number of carbonyl (C=O) groups excluding carboxylic acids is 2. The summed E-state index contributed by atoms with van der Waals surface area (Å²) in [6, 6.07) is 32.7. The van der Waals surface area contributed by atoms with Crippen LogP contribution in [0.1, 0.15) is 59.9 Å². The largest absolute Gasteiger partial charge is 0.508 e. The molecule has 0 aliphatic heterocycles. The maximum atomic E-state index is 12.6. The number of hydrogen-bond acceptors (Lipinski definition) is 7. The molecule has 0 radical (unpaired) electrons. The van der Waals surface area contributed by atoms with Crippen LogP contribution in [0, 0.1) is 0 Å². The van der Waals surface area contributed by atoms with Crippen molar-refractivity contribution in [3.63, 3.8) is 0 Å². The summed E-state index contributed by atoms with van der Waals surface area (Å²) in [7, 11) is 0. The van der Waals surface area contributed by atoms with Crippen LogP contribution in [-0.2, 0) is 15.9 Å². The van der Waals surface area contributed by atoms with Crippen molar-refractivity contribution in [1.29, 1.82) is 0 Å². The molecule has 6 N–H and O–H groups in total. The number of guanidine groups is 1. The minimum atomic E-state index is -0.142. The quantitative estimate of drug-likeness (QED) is 0.0259. The monoisotopic (exact) mass is 749 g/mol. The molecular formula is C43H55N7O5. The molecule has 0 bridgehead atoms. The summed E-state index contributed by atoms with van der Waals surface area (Å²) in [6.07, 6.45) is 3.40. The first kappa shape index (κ1) is 43.4. The van der Waals surface area contributed by atoms with Crippen molar-refractivity contribution < 1.29 is 24.2 Å². The van der Waals surface area contributed by atoms with Gasteiger partial charge in [0.05, 0.1) is 33.0 Å². The number of ether oxygens (including phenoxy) is 2. The summed E-state index contributed by atoms with van der Waals surface area (Å²) in [5.41, 5.74) is 3.74. The van der Waals surface area contributed by atoms with Crippen LogP contribution in [0.4, 0.5) is 11.4 Å². The van der Waals surface area contributed by atoms with E-state index in [1.54, 1.807) is 67.6 Å². The van der Waals surface area contributed by atoms with Crippen LogP contribution < -0.4 is 26.6 Å². The molecule has 12 nitrogen and oxygen atoms in total. The van der Waals surface area contributed by atoms with Gasteiger partial charge in [-0.3, -0.25) is 14.6 Å². The van der Waals surface area contributed by atoms with E-state index in [0.717, 1.165) is 12.1 Å². The molecule has 0 aliphatic carbocycles. The van der Waals surface area contributed by atoms with Crippen molar-refractivity contribution in [2.45, 2.75) is 40.0 Å². The number of aromatic hydroxyl groups is 1. The van der Waals surface area contributed by atoms with E-state index < -0.39 is 0 Å². The van der Waals surface area contributed by atoms with Crippen molar-refractivity contribution in [2.75, 3.05) is 56.7 Å². The summed E-state index contributed by atoms with van der Waals surface area (Å²) in [4.78, 5) is 33.7. The van der Waals surface area contributed by atoms with E-state index in [4.69, 9.17) is 9.47 Å². The molecule has 292 valence electrons. The zero-order valence-corrected chi connectivity index (χ0v) is 32.1. The third kappa shape index (κ3) is 18.6. The smallest absolute Gasteiger partial charge is 0.251 e. The van der Waals surface area contributed by atoms with Crippen molar-refractivity contribution in [3.05, 3.63) is 138 Å². The Kier molecular flexibility index (Phi) is 20.5. The van der Waals surface area contributed by atoms with E-state index in [9.17, 15) is 14.7 Å². The molecule has 0 atom stereocenters. The number of rotatable bonds is 19. The highest BCUT2D eigenvalue weighted by molar-refractivity contribution is 6.02. The molecule has 0 unspecified atom stereocenters. The van der Waals surface area contributed by atoms with Crippen molar-refractivity contribution in [2.24, 2.45) is 9.98 Å². The summed E-state index contributed by atoms with van der Waals surface area (Å²) >= 11 is 0. The first-order chi connectivity index (χ1) is 26.8. The highest BCUT2D eigenvalue weighted by Crippen LogP contribution is 2.15. The average Bonchev–Trinajstić information content (AvgIpc) is 3.20. The fourth-order valence-corrected chi connectivity index (χ4v) is 4.61. The average molecular weight is 750 g/mol. The minimum absolute atomic E-state index is 0.133. The van der Waals surface area contributed by atoms with Gasteiger partial charge in [-0.1, -0.05) is 81.8 Å². The van der Waals surface area contributed by atoms with Gasteiger partial charge in [-0.25, -0.2) is 4.99 Å². The number of nitrogens with one attached hydrogen (secondary N) is 5. The standard InChI is InChI=1S/C39H45N7O5.C4H10/c1-29(40-23-25-50-27-28-51-26-24-42-37(48)32-11-7-4-8-12-32)44-39(46-35-17-19-36(47)20-18-35)45-30(2)43-34-15-13-33(14-16-34)38(49)41-22-21-31-9-5-3-6-10-31;1-3-4-2/h3-20,43,47H,2,21-28H2,1H3,(H,41,49)(H,42,48)(H2,40,44,45,46);3-4H2,1-2H3. The number of amidine groups is 1. The second-order valence-corrected chi connectivity index (χ2v) is 12.2. The molecule has 4 aromatic carbocycles. The first-order valence-electron chi connectivity index (χ1n) is 18.6. The molecule has 0 aromatic heterocycles. The van der Waals surface area contributed by atoms with Crippen LogP contribution in [0.3, 0.4) is 0 Å². The molecule has 0 aliphatic rings. The molecule has 4 aromatic rings. The Hall–Kier alpha value is -5.98. The first-order valence-corrected chi connectivity index (χ1v) is 18.6. The highest BCUT2D eigenvalue weighted by Gasteiger charge is 2.08. The lowest BCUT2D eigenvalue weighted by Crippen LogP contribution is -2.33. The fourth-order valence-electron chi connectivity index (χ4n) is 4.61. The third-order valence-electron chi connectivity index (χ3n) is 7.67. The van der Waals surface area contributed by atoms with Crippen LogP contribution in [0.15, 0.2) is 132 Å². The van der Waals surface area contributed by atoms with Gasteiger partial charge in [0, 0.05) is 35.6 Å². The molecular weight excluding hydrogens is 695 g/mol. The van der Waals surface area contributed by atoms with Crippen LogP contribution in [0.2, 0.25) is 0 Å². The van der Waals surface area contributed by atoms with E-state index in [1.807, 2.05) is 48.5 Å². The number of benzene rings is 4. The number of phenols is 1. The van der Waals surface area contributed by atoms with Crippen molar-refractivity contribution >= 4 is 35.0 Å². The molecule has 0 heterocycles. The molecule has 0 spiro atoms. The number of hydrogen-bond donors (Lipinski definition) is 6. The molecule has 0 fully saturated rings. The maximum absolute atomic E-state index is 12.6. The Morgan fingerprint density at radius 1 is 0.673 bits per heavy atom. The molecule has 0 saturated heterocycles. The highest BCUT2D eigenvalue weighted by atomic mass is 16.5. The second-order valence-electron chi connectivity index (χ2n) is 12.2. The predicted molar refractivity (Wildman–Crippen MR) is 223 cm³/mol. The SMILES string of the molecule is C=C(NC(=NC(C)=NCCOCCOCCNC(=O)c1ccccc1)Nc1ccc(O)cc1)Nc1ccc(C(=O)NCCc2ccccc2)cc1.CCCC. The second kappa shape index (κ2) is 25.9. The van der Waals surface area contributed by atoms with Gasteiger partial charge >= 0.3 is 0 Å². The zero-order chi connectivity index (χ0) is 39.5. The molecule has 2 amide bonds. The van der Waals surface area contributed by atoms with Crippen molar-refractivity contribution in [3.8, 4) is 5.75 Å². The van der Waals surface area contributed by atoms with E-state index in [2.05, 4.69) is 57.0 Å². The van der Waals surface area contributed by atoms with Gasteiger partial charge < -0.3 is 41.2 Å². The number of nitrogens with zero attached hydrogens (tertiary/aromatic N) is 2. The number of aliphatic imine (C=N–C) groups is 2. The Morgan fingerprint density at radius 3 is 1.85 bits per heavy atom. The summed E-state index contributed by atoms with van der Waals surface area (Å²) in [5, 5.41) is 24.9. The number of unbranched alkanes of at least 4 members (excludes halogenated alkanes) is 1. The molecule has 0 saturated carbocycles. The van der Waals surface area contributed by atoms with Gasteiger partial charge in [-0.15, -0.1) is 0 Å². The van der Waals surface area contributed by atoms with Crippen LogP contribution in [0.25, 0.3) is 0 Å². The van der Waals surface area contributed by atoms with E-state index >= 15 is 0 Å². The summed E-state index contributed by atoms with van der Waals surface area (Å²) in [5.74, 6) is 1.14. The van der Waals surface area contributed by atoms with Gasteiger partial charge in [0.25, 0.3) is 11.8 Å². The maximum Gasteiger partial charge on any atom is 0.251 e. The van der Waals surface area contributed by atoms with Gasteiger partial charge in [0.2, 0.25) is 5.96 Å². The van der Waals surface area contributed by atoms with Crippen molar-refractivity contribution in [1.82, 2.24) is 16.0 Å². The lowest BCUT2D eigenvalue weighted by molar-refractivity contribution is 0.0512. The van der Waals surface area contributed by atoms with Crippen LogP contribution in [-0.4, -0.2) is 74.8 Å². The Morgan fingerprint density at radius 2 is 1.22 bits per heavy atom. The lowest BCUT2D eigenvalue weighted by atomic mass is 10.1. The predicted octanol–water partition coefficient (Wildman–Crippen LogP) is 6.99. The Labute approximate surface area is 325 Å². The number of phenolic OH excluding ortho intramolecular Hbond substituents is 1. The van der Waals surface area contributed by atoms with Crippen LogP contribution in [0.5, 0.6) is 5.75 Å². The van der Waals surface area contributed by atoms with Gasteiger partial charge in [-0.05, 0) is 79.6 Å². The summed E-state index contributed by atoms with van der Waals surface area (Å²) < 4.78 is 11.1. The van der Waals surface area contributed by atoms with E-state index in [0.29, 0.717) is 80.5 Å². The third-order valence-corrected chi connectivity index (χ3v) is 7.67. The van der Waals surface area contributed by atoms with Crippen LogP contribution >= 0.6 is 0 Å². The van der Waals surface area contributed by atoms with E-state index in [1.165, 1.54) is 18.4 Å². The van der Waals surface area contributed by atoms with Gasteiger partial charge in [-0.2, -0.15) is 0 Å². The number of amides is 2. The zero-order valence-electron chi connectivity index (χ0n) is 32.1. The summed E-state index contributed by atoms with van der Waals surface area (Å²) in [6.45, 7) is 13.1. The lowest BCUT2D eigenvalue weighted by Gasteiger charge is -2.16. The molecule has 4 rings (SSSR count). The Bertz CT molecular complexity index is 1760. The Balaban J connectivity index is 0.00000193. The van der Waals surface area contributed by atoms with Gasteiger partial charge in [0.1, 0.15) is 17.4 Å². The van der Waals surface area contributed by atoms with Gasteiger partial charge in [0.15, 0.2) is 0 Å². The number of carbonyl (C=O) groups is 2. The van der Waals surface area contributed by atoms with E-state index in [-0.39, 0.29) is 17.6 Å². The number of anilines is 2. The fraction of sp³-hybridized carbons (Fsp3) is 0.302. The minimum Gasteiger partial charge on any atom is -0.508 e. The molecule has 55 heavy (non-hydrogen) atoms. The topological polar surface area (TPSA) is 158 Å².